The van der Waals surface area contributed by atoms with Crippen LogP contribution in [0.4, 0.5) is 8.78 Å². The van der Waals surface area contributed by atoms with Crippen LogP contribution in [0, 0.1) is 18.6 Å². The zero-order valence-corrected chi connectivity index (χ0v) is 10.5. The number of hydrogen-bond donors (Lipinski definition) is 0. The van der Waals surface area contributed by atoms with Crippen molar-refractivity contribution in [1.29, 1.82) is 0 Å². The molecule has 0 aliphatic rings. The second kappa shape index (κ2) is 7.18. The third-order valence-corrected chi connectivity index (χ3v) is 2.48. The fourth-order valence-electron chi connectivity index (χ4n) is 1.41. The first kappa shape index (κ1) is 14.7. The van der Waals surface area contributed by atoms with Gasteiger partial charge in [-0.25, -0.2) is 8.78 Å². The van der Waals surface area contributed by atoms with E-state index in [4.69, 9.17) is 9.47 Å². The Balaban J connectivity index is 2.54. The van der Waals surface area contributed by atoms with Crippen LogP contribution < -0.4 is 0 Å². The van der Waals surface area contributed by atoms with Gasteiger partial charge in [-0.2, -0.15) is 0 Å². The Bertz CT molecular complexity index is 419. The highest BCUT2D eigenvalue weighted by molar-refractivity contribution is 5.96. The van der Waals surface area contributed by atoms with Gasteiger partial charge in [0.05, 0.1) is 25.4 Å². The number of ketones is 1. The van der Waals surface area contributed by atoms with E-state index in [0.29, 0.717) is 13.2 Å². The fraction of sp³-hybridized carbons (Fsp3) is 0.462. The van der Waals surface area contributed by atoms with E-state index in [-0.39, 0.29) is 24.2 Å². The predicted molar refractivity (Wildman–Crippen MR) is 62.7 cm³/mol. The number of halogens is 2. The number of methoxy groups -OCH3 is 1. The van der Waals surface area contributed by atoms with E-state index in [1.165, 1.54) is 19.1 Å². The zero-order chi connectivity index (χ0) is 13.5. The molecule has 5 heteroatoms. The predicted octanol–water partition coefficient (Wildman–Crippen LogP) is 2.51. The van der Waals surface area contributed by atoms with Crippen molar-refractivity contribution in [3.05, 3.63) is 34.9 Å². The number of Topliss-reactive ketones (excluding diaryl/α,β-unsaturated/α-hetero) is 1. The minimum absolute atomic E-state index is 0.0170. The molecule has 0 heterocycles. The molecule has 3 nitrogen and oxygen atoms in total. The van der Waals surface area contributed by atoms with Gasteiger partial charge in [-0.1, -0.05) is 6.07 Å². The molecule has 0 aliphatic heterocycles. The van der Waals surface area contributed by atoms with Crippen molar-refractivity contribution in [1.82, 2.24) is 0 Å². The molecule has 0 N–H and O–H groups in total. The second-order valence-corrected chi connectivity index (χ2v) is 3.84. The standard InChI is InChI=1S/C13H16F2O3/c1-9-3-4-10(13(15)12(9)14)11(16)5-6-18-8-7-17-2/h3-4H,5-8H2,1-2H3. The monoisotopic (exact) mass is 258 g/mol. The maximum absolute atomic E-state index is 13.5. The van der Waals surface area contributed by atoms with Crippen LogP contribution >= 0.6 is 0 Å². The fourth-order valence-corrected chi connectivity index (χ4v) is 1.41. The van der Waals surface area contributed by atoms with E-state index in [2.05, 4.69) is 0 Å². The molecule has 0 radical (unpaired) electrons. The first-order valence-electron chi connectivity index (χ1n) is 5.62. The Morgan fingerprint density at radius 3 is 2.56 bits per heavy atom. The molecule has 0 saturated carbocycles. The van der Waals surface area contributed by atoms with Crippen LogP contribution in [-0.4, -0.2) is 32.7 Å². The Kier molecular flexibility index (Phi) is 5.88. The van der Waals surface area contributed by atoms with Gasteiger partial charge in [-0.3, -0.25) is 4.79 Å². The Labute approximate surface area is 105 Å². The van der Waals surface area contributed by atoms with Gasteiger partial charge >= 0.3 is 0 Å². The molecular weight excluding hydrogens is 242 g/mol. The summed E-state index contributed by atoms with van der Waals surface area (Å²) in [6, 6.07) is 2.68. The van der Waals surface area contributed by atoms with Gasteiger partial charge in [0.1, 0.15) is 0 Å². The Hall–Kier alpha value is -1.33. The maximum Gasteiger partial charge on any atom is 0.169 e. The molecule has 0 fully saturated rings. The highest BCUT2D eigenvalue weighted by Gasteiger charge is 2.16. The highest BCUT2D eigenvalue weighted by Crippen LogP contribution is 2.17. The van der Waals surface area contributed by atoms with Gasteiger partial charge in [0.2, 0.25) is 0 Å². The molecule has 0 amide bonds. The van der Waals surface area contributed by atoms with Crippen LogP contribution in [0.25, 0.3) is 0 Å². The topological polar surface area (TPSA) is 35.5 Å². The normalized spacial score (nSPS) is 10.7. The van der Waals surface area contributed by atoms with Crippen molar-refractivity contribution in [2.24, 2.45) is 0 Å². The molecule has 0 bridgehead atoms. The van der Waals surface area contributed by atoms with Gasteiger partial charge in [0.25, 0.3) is 0 Å². The lowest BCUT2D eigenvalue weighted by Gasteiger charge is -2.06. The van der Waals surface area contributed by atoms with Gasteiger partial charge in [-0.15, -0.1) is 0 Å². The smallest absolute Gasteiger partial charge is 0.169 e. The molecule has 0 unspecified atom stereocenters. The number of ether oxygens (including phenoxy) is 2. The van der Waals surface area contributed by atoms with E-state index in [9.17, 15) is 13.6 Å². The lowest BCUT2D eigenvalue weighted by molar-refractivity contribution is 0.0639. The largest absolute Gasteiger partial charge is 0.382 e. The summed E-state index contributed by atoms with van der Waals surface area (Å²) in [5.41, 5.74) is -0.0474. The minimum atomic E-state index is -1.09. The van der Waals surface area contributed by atoms with E-state index >= 15 is 0 Å². The third-order valence-electron chi connectivity index (χ3n) is 2.48. The first-order valence-corrected chi connectivity index (χ1v) is 5.62. The summed E-state index contributed by atoms with van der Waals surface area (Å²) >= 11 is 0. The van der Waals surface area contributed by atoms with Crippen molar-refractivity contribution in [3.8, 4) is 0 Å². The molecule has 0 spiro atoms. The minimum Gasteiger partial charge on any atom is -0.382 e. The summed E-state index contributed by atoms with van der Waals surface area (Å²) < 4.78 is 36.6. The van der Waals surface area contributed by atoms with E-state index < -0.39 is 17.4 Å². The van der Waals surface area contributed by atoms with Crippen molar-refractivity contribution >= 4 is 5.78 Å². The van der Waals surface area contributed by atoms with Crippen molar-refractivity contribution < 1.29 is 23.0 Å². The highest BCUT2D eigenvalue weighted by atomic mass is 19.2. The average Bonchev–Trinajstić information content (AvgIpc) is 2.35. The summed E-state index contributed by atoms with van der Waals surface area (Å²) in [4.78, 5) is 11.6. The summed E-state index contributed by atoms with van der Waals surface area (Å²) in [7, 11) is 1.54. The molecule has 1 rings (SSSR count). The van der Waals surface area contributed by atoms with Crippen LogP contribution in [0.2, 0.25) is 0 Å². The lowest BCUT2D eigenvalue weighted by Crippen LogP contribution is -2.10. The molecule has 0 aromatic heterocycles. The van der Waals surface area contributed by atoms with Crippen LogP contribution in [0.15, 0.2) is 12.1 Å². The molecule has 1 aromatic carbocycles. The second-order valence-electron chi connectivity index (χ2n) is 3.84. The van der Waals surface area contributed by atoms with Crippen molar-refractivity contribution in [2.45, 2.75) is 13.3 Å². The van der Waals surface area contributed by atoms with E-state index in [1.807, 2.05) is 0 Å². The SMILES string of the molecule is COCCOCCC(=O)c1ccc(C)c(F)c1F. The number of carbonyl (C=O) groups excluding carboxylic acids is 1. The lowest BCUT2D eigenvalue weighted by atomic mass is 10.1. The van der Waals surface area contributed by atoms with Crippen molar-refractivity contribution in [2.75, 3.05) is 26.9 Å². The quantitative estimate of drug-likeness (QED) is 0.557. The van der Waals surface area contributed by atoms with Crippen molar-refractivity contribution in [3.63, 3.8) is 0 Å². The summed E-state index contributed by atoms with van der Waals surface area (Å²) in [6.45, 7) is 2.41. The average molecular weight is 258 g/mol. The Morgan fingerprint density at radius 1 is 1.17 bits per heavy atom. The van der Waals surface area contributed by atoms with Crippen LogP contribution in [0.1, 0.15) is 22.3 Å². The number of carbonyl (C=O) groups is 1. The summed E-state index contributed by atoms with van der Waals surface area (Å²) in [6.07, 6.45) is 0.0170. The van der Waals surface area contributed by atoms with E-state index in [1.54, 1.807) is 7.11 Å². The van der Waals surface area contributed by atoms with Gasteiger partial charge < -0.3 is 9.47 Å². The maximum atomic E-state index is 13.5. The number of benzene rings is 1. The number of aryl methyl sites for hydroxylation is 1. The number of hydrogen-bond acceptors (Lipinski definition) is 3. The molecule has 0 atom stereocenters. The molecular formula is C13H16F2O3. The van der Waals surface area contributed by atoms with E-state index in [0.717, 1.165) is 0 Å². The third kappa shape index (κ3) is 3.85. The molecule has 100 valence electrons. The molecule has 0 saturated heterocycles. The summed E-state index contributed by atoms with van der Waals surface area (Å²) in [5, 5.41) is 0. The van der Waals surface area contributed by atoms with Gasteiger partial charge in [0.15, 0.2) is 17.4 Å². The summed E-state index contributed by atoms with van der Waals surface area (Å²) in [5.74, 6) is -2.53. The van der Waals surface area contributed by atoms with Crippen LogP contribution in [0.5, 0.6) is 0 Å². The molecule has 1 aromatic rings. The van der Waals surface area contributed by atoms with Gasteiger partial charge in [0, 0.05) is 13.5 Å². The number of rotatable bonds is 7. The Morgan fingerprint density at radius 2 is 1.89 bits per heavy atom. The first-order chi connectivity index (χ1) is 8.57. The zero-order valence-electron chi connectivity index (χ0n) is 10.5. The molecule has 18 heavy (non-hydrogen) atoms. The molecule has 0 aliphatic carbocycles. The van der Waals surface area contributed by atoms with Crippen LogP contribution in [0.3, 0.4) is 0 Å². The van der Waals surface area contributed by atoms with Gasteiger partial charge in [-0.05, 0) is 18.6 Å². The van der Waals surface area contributed by atoms with Crippen LogP contribution in [-0.2, 0) is 9.47 Å².